The highest BCUT2D eigenvalue weighted by Crippen LogP contribution is 2.40. The molecule has 2 fully saturated rings. The van der Waals surface area contributed by atoms with E-state index in [1.54, 1.807) is 18.2 Å². The first-order valence-corrected chi connectivity index (χ1v) is 9.75. The summed E-state index contributed by atoms with van der Waals surface area (Å²) in [5.74, 6) is 0.569. The number of hydrogen-bond acceptors (Lipinski definition) is 6. The Morgan fingerprint density at radius 1 is 1.00 bits per heavy atom. The lowest BCUT2D eigenvalue weighted by Gasteiger charge is -2.36. The molecule has 1 unspecified atom stereocenters. The summed E-state index contributed by atoms with van der Waals surface area (Å²) in [7, 11) is 0. The second kappa shape index (κ2) is 7.71. The zero-order valence-corrected chi connectivity index (χ0v) is 15.3. The van der Waals surface area contributed by atoms with Crippen LogP contribution in [0.2, 0.25) is 0 Å². The van der Waals surface area contributed by atoms with Crippen LogP contribution < -0.4 is 9.47 Å². The highest BCUT2D eigenvalue weighted by atomic mass is 16.5. The molecule has 1 aromatic rings. The van der Waals surface area contributed by atoms with E-state index in [9.17, 15) is 14.4 Å². The Morgan fingerprint density at radius 2 is 1.70 bits per heavy atom. The van der Waals surface area contributed by atoms with Gasteiger partial charge in [-0.1, -0.05) is 6.42 Å². The average Bonchev–Trinajstić information content (AvgIpc) is 2.90. The molecule has 0 aromatic heterocycles. The second-order valence-corrected chi connectivity index (χ2v) is 7.64. The lowest BCUT2D eigenvalue weighted by Crippen LogP contribution is -2.39. The first-order valence-electron chi connectivity index (χ1n) is 9.75. The summed E-state index contributed by atoms with van der Waals surface area (Å²) in [6.45, 7) is 0.838. The smallest absolute Gasteiger partial charge is 0.309 e. The molecule has 3 aliphatic rings. The summed E-state index contributed by atoms with van der Waals surface area (Å²) in [6.07, 6.45) is 4.72. The molecule has 3 atom stereocenters. The van der Waals surface area contributed by atoms with E-state index in [4.69, 9.17) is 14.2 Å². The van der Waals surface area contributed by atoms with Crippen molar-refractivity contribution in [3.8, 4) is 11.5 Å². The fraction of sp³-hybridized carbons (Fsp3) is 0.571. The molecule has 1 aromatic carbocycles. The lowest BCUT2D eigenvalue weighted by atomic mass is 9.67. The van der Waals surface area contributed by atoms with Gasteiger partial charge in [-0.2, -0.15) is 0 Å². The van der Waals surface area contributed by atoms with Gasteiger partial charge in [0.05, 0.1) is 19.1 Å². The molecule has 6 nitrogen and oxygen atoms in total. The third-order valence-electron chi connectivity index (χ3n) is 5.80. The third-order valence-corrected chi connectivity index (χ3v) is 5.80. The summed E-state index contributed by atoms with van der Waals surface area (Å²) in [6, 6.07) is 5.01. The zero-order chi connectivity index (χ0) is 18.8. The second-order valence-electron chi connectivity index (χ2n) is 7.64. The van der Waals surface area contributed by atoms with Crippen LogP contribution in [0, 0.1) is 17.8 Å². The first kappa shape index (κ1) is 18.0. The highest BCUT2D eigenvalue weighted by Gasteiger charge is 2.41. The molecule has 0 radical (unpaired) electrons. The average molecular weight is 372 g/mol. The topological polar surface area (TPSA) is 78.9 Å². The zero-order valence-electron chi connectivity index (χ0n) is 15.3. The van der Waals surface area contributed by atoms with E-state index in [2.05, 4.69) is 0 Å². The largest absolute Gasteiger partial charge is 0.490 e. The number of carbonyl (C=O) groups excluding carboxylic acids is 3. The summed E-state index contributed by atoms with van der Waals surface area (Å²) >= 11 is 0. The van der Waals surface area contributed by atoms with Gasteiger partial charge in [-0.25, -0.2) is 0 Å². The fourth-order valence-electron chi connectivity index (χ4n) is 4.35. The molecule has 27 heavy (non-hydrogen) atoms. The van der Waals surface area contributed by atoms with Crippen molar-refractivity contribution in [1.82, 2.24) is 0 Å². The van der Waals surface area contributed by atoms with Crippen LogP contribution in [0.4, 0.5) is 0 Å². The molecule has 1 heterocycles. The summed E-state index contributed by atoms with van der Waals surface area (Å²) in [5, 5.41) is 0. The molecular formula is C21H24O6. The van der Waals surface area contributed by atoms with Gasteiger partial charge in [-0.05, 0) is 43.9 Å². The van der Waals surface area contributed by atoms with Crippen molar-refractivity contribution >= 4 is 17.5 Å². The van der Waals surface area contributed by atoms with Crippen LogP contribution in [0.1, 0.15) is 48.9 Å². The number of esters is 1. The van der Waals surface area contributed by atoms with Crippen molar-refractivity contribution in [3.05, 3.63) is 23.8 Å². The van der Waals surface area contributed by atoms with Crippen LogP contribution in [-0.2, 0) is 14.3 Å². The van der Waals surface area contributed by atoms with E-state index in [0.717, 1.165) is 25.7 Å². The van der Waals surface area contributed by atoms with E-state index in [1.165, 1.54) is 0 Å². The Balaban J connectivity index is 1.34. The molecule has 0 N–H and O–H groups in total. The van der Waals surface area contributed by atoms with Gasteiger partial charge in [-0.3, -0.25) is 14.4 Å². The minimum Gasteiger partial charge on any atom is -0.490 e. The van der Waals surface area contributed by atoms with Crippen molar-refractivity contribution in [1.29, 1.82) is 0 Å². The fourth-order valence-corrected chi connectivity index (χ4v) is 4.35. The monoisotopic (exact) mass is 372 g/mol. The maximum Gasteiger partial charge on any atom is 0.309 e. The predicted molar refractivity (Wildman–Crippen MR) is 95.9 cm³/mol. The number of rotatable bonds is 4. The van der Waals surface area contributed by atoms with Gasteiger partial charge in [0.25, 0.3) is 0 Å². The molecule has 0 spiro atoms. The molecule has 1 aliphatic heterocycles. The Hall–Kier alpha value is -2.37. The first-order chi connectivity index (χ1) is 13.1. The molecule has 0 saturated heterocycles. The van der Waals surface area contributed by atoms with Crippen LogP contribution in [-0.4, -0.2) is 37.4 Å². The van der Waals surface area contributed by atoms with E-state index in [-0.39, 0.29) is 36.1 Å². The standard InChI is InChI=1S/C21H24O6/c22-17(13-5-6-18-19(11-13)26-8-2-7-25-18)12-27-21(24)16-9-14-3-1-4-15(10-16)20(14)23/h5-6,11,14-16H,1-4,7-10,12H2/t14-,15+,16?. The SMILES string of the molecule is O=C(COC(=O)C1C[C@H]2CCC[C@@H](C1)C2=O)c1ccc2c(c1)OCCCO2. The number of hydrogen-bond donors (Lipinski definition) is 0. The van der Waals surface area contributed by atoms with Crippen molar-refractivity contribution in [3.63, 3.8) is 0 Å². The minimum atomic E-state index is -0.359. The third kappa shape index (κ3) is 3.84. The Labute approximate surface area is 158 Å². The number of carbonyl (C=O) groups is 3. The van der Waals surface area contributed by atoms with Crippen LogP contribution in [0.15, 0.2) is 18.2 Å². The Bertz CT molecular complexity index is 739. The quantitative estimate of drug-likeness (QED) is 0.597. The number of ketones is 2. The summed E-state index contributed by atoms with van der Waals surface area (Å²) in [5.41, 5.74) is 0.433. The minimum absolute atomic E-state index is 0.00696. The molecule has 2 aliphatic carbocycles. The highest BCUT2D eigenvalue weighted by molar-refractivity contribution is 5.98. The molecule has 4 rings (SSSR count). The predicted octanol–water partition coefficient (Wildman–Crippen LogP) is 2.97. The summed E-state index contributed by atoms with van der Waals surface area (Å²) in [4.78, 5) is 37.0. The Morgan fingerprint density at radius 3 is 2.44 bits per heavy atom. The molecule has 2 saturated carbocycles. The van der Waals surface area contributed by atoms with Crippen molar-refractivity contribution in [2.24, 2.45) is 17.8 Å². The molecule has 2 bridgehead atoms. The van der Waals surface area contributed by atoms with E-state index in [0.29, 0.717) is 48.9 Å². The van der Waals surface area contributed by atoms with Gasteiger partial charge in [0.15, 0.2) is 23.9 Å². The van der Waals surface area contributed by atoms with Gasteiger partial charge >= 0.3 is 5.97 Å². The van der Waals surface area contributed by atoms with Gasteiger partial charge < -0.3 is 14.2 Å². The van der Waals surface area contributed by atoms with Crippen LogP contribution >= 0.6 is 0 Å². The molecule has 6 heteroatoms. The van der Waals surface area contributed by atoms with Gasteiger partial charge in [0.1, 0.15) is 5.78 Å². The van der Waals surface area contributed by atoms with Gasteiger partial charge in [-0.15, -0.1) is 0 Å². The van der Waals surface area contributed by atoms with Crippen molar-refractivity contribution in [2.75, 3.05) is 19.8 Å². The lowest BCUT2D eigenvalue weighted by molar-refractivity contribution is -0.152. The number of ether oxygens (including phenoxy) is 3. The van der Waals surface area contributed by atoms with E-state index >= 15 is 0 Å². The van der Waals surface area contributed by atoms with Gasteiger partial charge in [0.2, 0.25) is 0 Å². The van der Waals surface area contributed by atoms with Crippen molar-refractivity contribution < 1.29 is 28.6 Å². The van der Waals surface area contributed by atoms with Crippen LogP contribution in [0.3, 0.4) is 0 Å². The molecule has 144 valence electrons. The molecule has 0 amide bonds. The number of fused-ring (bicyclic) bond motifs is 3. The Kier molecular flexibility index (Phi) is 5.14. The van der Waals surface area contributed by atoms with Crippen molar-refractivity contribution in [2.45, 2.75) is 38.5 Å². The number of Topliss-reactive ketones (excluding diaryl/α,β-unsaturated/α-hetero) is 2. The maximum atomic E-state index is 12.4. The summed E-state index contributed by atoms with van der Waals surface area (Å²) < 4.78 is 16.4. The normalized spacial score (nSPS) is 26.8. The van der Waals surface area contributed by atoms with E-state index < -0.39 is 0 Å². The number of benzene rings is 1. The van der Waals surface area contributed by atoms with Gasteiger partial charge in [0, 0.05) is 23.8 Å². The molecular weight excluding hydrogens is 348 g/mol. The van der Waals surface area contributed by atoms with Crippen LogP contribution in [0.5, 0.6) is 11.5 Å². The van der Waals surface area contributed by atoms with Crippen LogP contribution in [0.25, 0.3) is 0 Å². The maximum absolute atomic E-state index is 12.4. The van der Waals surface area contributed by atoms with E-state index in [1.807, 2.05) is 0 Å².